The van der Waals surface area contributed by atoms with E-state index in [1.165, 1.54) is 0 Å². The van der Waals surface area contributed by atoms with Crippen LogP contribution in [0, 0.1) is 30.0 Å². The minimum absolute atomic E-state index is 0.168. The third-order valence-electron chi connectivity index (χ3n) is 6.74. The monoisotopic (exact) mass is 472 g/mol. The quantitative estimate of drug-likeness (QED) is 0.402. The van der Waals surface area contributed by atoms with E-state index in [0.29, 0.717) is 54.6 Å². The fourth-order valence-electron chi connectivity index (χ4n) is 5.06. The van der Waals surface area contributed by atoms with Crippen LogP contribution in [0.25, 0.3) is 21.8 Å². The maximum atomic E-state index is 15.2. The second-order valence-corrected chi connectivity index (χ2v) is 9.21. The standard InChI is InChI=1S/C27H25FN4O3/c1-16-12-19-20(31-16)2-3-23(26(19)28)35-22-5-8-30-21-13-24(27-18(25(21)22)6-10-34-27)33-11-9-32-14-17(15-32)4-7-29/h2-3,5,8,12-13,17,31H,4,6,9-11,14-15H2,1H3. The molecule has 178 valence electrons. The van der Waals surface area contributed by atoms with E-state index in [-0.39, 0.29) is 5.75 Å². The maximum absolute atomic E-state index is 15.2. The molecule has 4 aromatic rings. The number of fused-ring (bicyclic) bond motifs is 4. The van der Waals surface area contributed by atoms with Crippen molar-refractivity contribution in [2.45, 2.75) is 19.8 Å². The molecule has 35 heavy (non-hydrogen) atoms. The predicted molar refractivity (Wildman–Crippen MR) is 130 cm³/mol. The summed E-state index contributed by atoms with van der Waals surface area (Å²) in [4.78, 5) is 9.97. The second kappa shape index (κ2) is 8.75. The van der Waals surface area contributed by atoms with Gasteiger partial charge in [0.2, 0.25) is 0 Å². The summed E-state index contributed by atoms with van der Waals surface area (Å²) in [6.45, 7) is 5.65. The summed E-state index contributed by atoms with van der Waals surface area (Å²) >= 11 is 0. The average molecular weight is 473 g/mol. The van der Waals surface area contributed by atoms with Crippen molar-refractivity contribution in [3.05, 3.63) is 53.6 Å². The molecule has 2 aromatic heterocycles. The van der Waals surface area contributed by atoms with Gasteiger partial charge in [0.25, 0.3) is 0 Å². The Morgan fingerprint density at radius 3 is 2.97 bits per heavy atom. The molecule has 0 spiro atoms. The van der Waals surface area contributed by atoms with Crippen molar-refractivity contribution in [1.82, 2.24) is 14.9 Å². The molecule has 0 amide bonds. The average Bonchev–Trinajstić information content (AvgIpc) is 3.46. The van der Waals surface area contributed by atoms with Gasteiger partial charge < -0.3 is 19.2 Å². The number of likely N-dealkylation sites (tertiary alicyclic amines) is 1. The number of hydrogen-bond donors (Lipinski definition) is 1. The number of aryl methyl sites for hydroxylation is 1. The van der Waals surface area contributed by atoms with Gasteiger partial charge in [-0.2, -0.15) is 5.26 Å². The Balaban J connectivity index is 1.27. The van der Waals surface area contributed by atoms with Crippen molar-refractivity contribution in [2.24, 2.45) is 5.92 Å². The van der Waals surface area contributed by atoms with E-state index in [9.17, 15) is 0 Å². The first-order valence-corrected chi connectivity index (χ1v) is 11.9. The molecule has 1 saturated heterocycles. The third kappa shape index (κ3) is 3.92. The number of H-pyrrole nitrogens is 1. The molecule has 1 N–H and O–H groups in total. The molecule has 7 nitrogen and oxygen atoms in total. The topological polar surface area (TPSA) is 83.4 Å². The number of rotatable bonds is 7. The fourth-order valence-corrected chi connectivity index (χ4v) is 5.06. The first-order valence-electron chi connectivity index (χ1n) is 11.9. The van der Waals surface area contributed by atoms with Crippen LogP contribution >= 0.6 is 0 Å². The second-order valence-electron chi connectivity index (χ2n) is 9.21. The summed E-state index contributed by atoms with van der Waals surface area (Å²) in [5.74, 6) is 2.16. The Morgan fingerprint density at radius 2 is 2.11 bits per heavy atom. The largest absolute Gasteiger partial charge is 0.489 e. The van der Waals surface area contributed by atoms with Crippen molar-refractivity contribution in [2.75, 3.05) is 32.8 Å². The number of aromatic amines is 1. The zero-order chi connectivity index (χ0) is 23.9. The Bertz CT molecular complexity index is 1470. The molecule has 2 aromatic carbocycles. The van der Waals surface area contributed by atoms with Crippen LogP contribution in [-0.4, -0.2) is 47.7 Å². The lowest BCUT2D eigenvalue weighted by atomic mass is 9.97. The number of aromatic nitrogens is 2. The Morgan fingerprint density at radius 1 is 1.23 bits per heavy atom. The zero-order valence-corrected chi connectivity index (χ0v) is 19.4. The van der Waals surface area contributed by atoms with Crippen LogP contribution in [0.2, 0.25) is 0 Å². The van der Waals surface area contributed by atoms with Crippen LogP contribution in [0.4, 0.5) is 4.39 Å². The lowest BCUT2D eigenvalue weighted by molar-refractivity contribution is 0.0848. The molecule has 6 rings (SSSR count). The van der Waals surface area contributed by atoms with Gasteiger partial charge in [0.05, 0.1) is 23.6 Å². The van der Waals surface area contributed by atoms with Crippen molar-refractivity contribution in [3.63, 3.8) is 0 Å². The first-order chi connectivity index (χ1) is 17.1. The van der Waals surface area contributed by atoms with E-state index >= 15 is 4.39 Å². The fraction of sp³-hybridized carbons (Fsp3) is 0.333. The first kappa shape index (κ1) is 21.7. The Kier molecular flexibility index (Phi) is 5.42. The third-order valence-corrected chi connectivity index (χ3v) is 6.74. The summed E-state index contributed by atoms with van der Waals surface area (Å²) in [6.07, 6.45) is 2.98. The summed E-state index contributed by atoms with van der Waals surface area (Å²) in [7, 11) is 0. The highest BCUT2D eigenvalue weighted by molar-refractivity contribution is 5.93. The van der Waals surface area contributed by atoms with E-state index in [0.717, 1.165) is 47.3 Å². The number of hydrogen-bond acceptors (Lipinski definition) is 6. The smallest absolute Gasteiger partial charge is 0.175 e. The minimum atomic E-state index is -0.396. The van der Waals surface area contributed by atoms with Gasteiger partial charge in [-0.15, -0.1) is 0 Å². The van der Waals surface area contributed by atoms with Gasteiger partial charge in [-0.1, -0.05) is 0 Å². The van der Waals surface area contributed by atoms with Gasteiger partial charge >= 0.3 is 0 Å². The van der Waals surface area contributed by atoms with Gasteiger partial charge in [0.15, 0.2) is 23.1 Å². The van der Waals surface area contributed by atoms with Gasteiger partial charge in [0.1, 0.15) is 12.4 Å². The molecular weight excluding hydrogens is 447 g/mol. The van der Waals surface area contributed by atoms with Gasteiger partial charge in [-0.25, -0.2) is 4.39 Å². The molecule has 1 fully saturated rings. The van der Waals surface area contributed by atoms with E-state index in [1.54, 1.807) is 24.4 Å². The van der Waals surface area contributed by atoms with Crippen LogP contribution in [0.5, 0.6) is 23.0 Å². The van der Waals surface area contributed by atoms with Crippen LogP contribution in [0.1, 0.15) is 17.7 Å². The molecule has 4 heterocycles. The van der Waals surface area contributed by atoms with E-state index in [4.69, 9.17) is 19.5 Å². The highest BCUT2D eigenvalue weighted by Gasteiger charge is 2.27. The number of halogens is 1. The van der Waals surface area contributed by atoms with Crippen molar-refractivity contribution in [3.8, 4) is 29.1 Å². The van der Waals surface area contributed by atoms with Crippen LogP contribution < -0.4 is 14.2 Å². The van der Waals surface area contributed by atoms with Crippen LogP contribution in [0.3, 0.4) is 0 Å². The number of nitrogens with one attached hydrogen (secondary N) is 1. The van der Waals surface area contributed by atoms with E-state index in [1.807, 2.05) is 19.1 Å². The van der Waals surface area contributed by atoms with Crippen LogP contribution in [-0.2, 0) is 6.42 Å². The highest BCUT2D eigenvalue weighted by Crippen LogP contribution is 2.45. The maximum Gasteiger partial charge on any atom is 0.175 e. The molecule has 0 unspecified atom stereocenters. The molecule has 8 heteroatoms. The summed E-state index contributed by atoms with van der Waals surface area (Å²) in [5, 5.41) is 10.1. The highest BCUT2D eigenvalue weighted by atomic mass is 19.1. The van der Waals surface area contributed by atoms with Crippen LogP contribution in [0.15, 0.2) is 36.5 Å². The van der Waals surface area contributed by atoms with E-state index < -0.39 is 5.82 Å². The Hall–Kier alpha value is -3.83. The molecule has 0 saturated carbocycles. The zero-order valence-electron chi connectivity index (χ0n) is 19.4. The minimum Gasteiger partial charge on any atom is -0.489 e. The van der Waals surface area contributed by atoms with Crippen molar-refractivity contribution in [1.29, 1.82) is 5.26 Å². The number of benzene rings is 2. The van der Waals surface area contributed by atoms with Crippen molar-refractivity contribution >= 4 is 21.8 Å². The number of ether oxygens (including phenoxy) is 3. The molecule has 0 radical (unpaired) electrons. The lowest BCUT2D eigenvalue weighted by Gasteiger charge is -2.37. The molecule has 2 aliphatic rings. The van der Waals surface area contributed by atoms with E-state index in [2.05, 4.69) is 20.9 Å². The van der Waals surface area contributed by atoms with Crippen molar-refractivity contribution < 1.29 is 18.6 Å². The normalized spacial score (nSPS) is 15.6. The lowest BCUT2D eigenvalue weighted by Crippen LogP contribution is -2.47. The van der Waals surface area contributed by atoms with Gasteiger partial charge in [-0.05, 0) is 37.1 Å². The summed E-state index contributed by atoms with van der Waals surface area (Å²) in [6, 6.07) is 11.1. The molecule has 0 bridgehead atoms. The predicted octanol–water partition coefficient (Wildman–Crippen LogP) is 5.12. The number of pyridine rings is 1. The number of nitriles is 1. The SMILES string of the molecule is Cc1cc2c(F)c(Oc3ccnc4cc(OCCN5CC(CC#N)C5)c5c(c34)CCO5)ccc2[nH]1. The number of nitrogens with zero attached hydrogens (tertiary/aromatic N) is 3. The molecule has 0 atom stereocenters. The molecule has 2 aliphatic heterocycles. The molecular formula is C27H25FN4O3. The summed E-state index contributed by atoms with van der Waals surface area (Å²) in [5.41, 5.74) is 3.32. The van der Waals surface area contributed by atoms with Gasteiger partial charge in [-0.3, -0.25) is 9.88 Å². The molecule has 0 aliphatic carbocycles. The van der Waals surface area contributed by atoms with Gasteiger partial charge in [0, 0.05) is 66.9 Å². The summed E-state index contributed by atoms with van der Waals surface area (Å²) < 4.78 is 33.3. The Labute approximate surface area is 202 Å².